The number of carbonyl (C=O) groups excluding carboxylic acids is 1. The van der Waals surface area contributed by atoms with Gasteiger partial charge in [-0.2, -0.15) is 0 Å². The van der Waals surface area contributed by atoms with Crippen LogP contribution < -0.4 is 10.1 Å². The molecule has 126 valence electrons. The zero-order valence-electron chi connectivity index (χ0n) is 13.6. The molecule has 2 aromatic heterocycles. The van der Waals surface area contributed by atoms with Gasteiger partial charge in [-0.25, -0.2) is 4.98 Å². The molecule has 1 aliphatic rings. The number of hydrogen-bond acceptors (Lipinski definition) is 5. The molecule has 0 bridgehead atoms. The maximum absolute atomic E-state index is 12.6. The van der Waals surface area contributed by atoms with Gasteiger partial charge in [0.2, 0.25) is 5.88 Å². The average molecular weight is 327 g/mol. The molecule has 1 aliphatic heterocycles. The van der Waals surface area contributed by atoms with Gasteiger partial charge in [0, 0.05) is 24.5 Å². The SMILES string of the molecule is CCOc1ncccc1C(=O)N[C@H]1COC[C@H]1Cc1ccncc1. The number of carbonyl (C=O) groups is 1. The van der Waals surface area contributed by atoms with Crippen LogP contribution in [0.2, 0.25) is 0 Å². The predicted octanol–water partition coefficient (Wildman–Crippen LogP) is 1.86. The standard InChI is InChI=1S/C18H21N3O3/c1-2-24-18-15(4-3-7-20-18)17(22)21-16-12-23-11-14(16)10-13-5-8-19-9-6-13/h3-9,14,16H,2,10-12H2,1H3,(H,21,22)/t14-,16+/m1/s1. The average Bonchev–Trinajstić information content (AvgIpc) is 3.03. The number of pyridine rings is 2. The molecule has 0 spiro atoms. The molecule has 2 atom stereocenters. The van der Waals surface area contributed by atoms with E-state index in [2.05, 4.69) is 15.3 Å². The number of rotatable bonds is 6. The molecule has 0 aromatic carbocycles. The summed E-state index contributed by atoms with van der Waals surface area (Å²) in [5, 5.41) is 3.06. The van der Waals surface area contributed by atoms with E-state index in [1.807, 2.05) is 19.1 Å². The van der Waals surface area contributed by atoms with E-state index in [4.69, 9.17) is 9.47 Å². The smallest absolute Gasteiger partial charge is 0.257 e. The van der Waals surface area contributed by atoms with Gasteiger partial charge in [0.1, 0.15) is 5.56 Å². The van der Waals surface area contributed by atoms with Gasteiger partial charge in [-0.3, -0.25) is 9.78 Å². The van der Waals surface area contributed by atoms with E-state index < -0.39 is 0 Å². The molecular formula is C18H21N3O3. The fourth-order valence-corrected chi connectivity index (χ4v) is 2.84. The maximum Gasteiger partial charge on any atom is 0.257 e. The van der Waals surface area contributed by atoms with Gasteiger partial charge in [0.05, 0.1) is 25.9 Å². The van der Waals surface area contributed by atoms with Crippen molar-refractivity contribution in [1.82, 2.24) is 15.3 Å². The molecule has 6 heteroatoms. The van der Waals surface area contributed by atoms with Crippen molar-refractivity contribution in [2.45, 2.75) is 19.4 Å². The van der Waals surface area contributed by atoms with E-state index in [0.29, 0.717) is 31.3 Å². The van der Waals surface area contributed by atoms with E-state index in [1.165, 1.54) is 5.56 Å². The summed E-state index contributed by atoms with van der Waals surface area (Å²) in [7, 11) is 0. The minimum Gasteiger partial charge on any atom is -0.477 e. The molecule has 2 aromatic rings. The third kappa shape index (κ3) is 3.89. The number of ether oxygens (including phenoxy) is 2. The molecule has 3 heterocycles. The predicted molar refractivity (Wildman–Crippen MR) is 88.9 cm³/mol. The van der Waals surface area contributed by atoms with Gasteiger partial charge in [0.25, 0.3) is 5.91 Å². The first-order valence-corrected chi connectivity index (χ1v) is 8.13. The van der Waals surface area contributed by atoms with Crippen molar-refractivity contribution in [3.05, 3.63) is 54.0 Å². The van der Waals surface area contributed by atoms with Crippen LogP contribution in [0.3, 0.4) is 0 Å². The van der Waals surface area contributed by atoms with Crippen molar-refractivity contribution in [2.24, 2.45) is 5.92 Å². The number of amides is 1. The van der Waals surface area contributed by atoms with Crippen LogP contribution in [0.1, 0.15) is 22.8 Å². The third-order valence-corrected chi connectivity index (χ3v) is 4.06. The Morgan fingerprint density at radius 1 is 1.29 bits per heavy atom. The normalized spacial score (nSPS) is 19.9. The van der Waals surface area contributed by atoms with Crippen LogP contribution in [0.4, 0.5) is 0 Å². The Morgan fingerprint density at radius 2 is 2.12 bits per heavy atom. The fourth-order valence-electron chi connectivity index (χ4n) is 2.84. The van der Waals surface area contributed by atoms with E-state index >= 15 is 0 Å². The third-order valence-electron chi connectivity index (χ3n) is 4.06. The lowest BCUT2D eigenvalue weighted by atomic mass is 9.95. The van der Waals surface area contributed by atoms with Crippen LogP contribution in [-0.4, -0.2) is 41.7 Å². The Morgan fingerprint density at radius 3 is 2.92 bits per heavy atom. The molecule has 1 saturated heterocycles. The largest absolute Gasteiger partial charge is 0.477 e. The van der Waals surface area contributed by atoms with Gasteiger partial charge in [-0.15, -0.1) is 0 Å². The zero-order chi connectivity index (χ0) is 16.8. The first-order chi connectivity index (χ1) is 11.8. The summed E-state index contributed by atoms with van der Waals surface area (Å²) in [5.41, 5.74) is 1.64. The monoisotopic (exact) mass is 327 g/mol. The molecule has 0 unspecified atom stereocenters. The molecule has 1 fully saturated rings. The second-order valence-electron chi connectivity index (χ2n) is 5.73. The van der Waals surface area contributed by atoms with Crippen LogP contribution in [0, 0.1) is 5.92 Å². The number of nitrogens with zero attached hydrogens (tertiary/aromatic N) is 2. The Labute approximate surface area is 141 Å². The highest BCUT2D eigenvalue weighted by Gasteiger charge is 2.30. The highest BCUT2D eigenvalue weighted by atomic mass is 16.5. The van der Waals surface area contributed by atoms with Crippen molar-refractivity contribution >= 4 is 5.91 Å². The van der Waals surface area contributed by atoms with Crippen molar-refractivity contribution < 1.29 is 14.3 Å². The van der Waals surface area contributed by atoms with E-state index in [9.17, 15) is 4.79 Å². The van der Waals surface area contributed by atoms with Gasteiger partial charge >= 0.3 is 0 Å². The van der Waals surface area contributed by atoms with Crippen LogP contribution in [0.25, 0.3) is 0 Å². The second-order valence-corrected chi connectivity index (χ2v) is 5.73. The quantitative estimate of drug-likeness (QED) is 0.877. The summed E-state index contributed by atoms with van der Waals surface area (Å²) in [4.78, 5) is 20.8. The van der Waals surface area contributed by atoms with Crippen molar-refractivity contribution in [1.29, 1.82) is 0 Å². The van der Waals surface area contributed by atoms with Gasteiger partial charge in [-0.1, -0.05) is 0 Å². The first kappa shape index (κ1) is 16.4. The lowest BCUT2D eigenvalue weighted by Gasteiger charge is -2.19. The summed E-state index contributed by atoms with van der Waals surface area (Å²) < 4.78 is 11.0. The number of hydrogen-bond donors (Lipinski definition) is 1. The molecule has 0 radical (unpaired) electrons. The Balaban J connectivity index is 1.67. The molecule has 24 heavy (non-hydrogen) atoms. The van der Waals surface area contributed by atoms with Gasteiger partial charge in [0.15, 0.2) is 0 Å². The number of aromatic nitrogens is 2. The van der Waals surface area contributed by atoms with Crippen molar-refractivity contribution in [3.8, 4) is 5.88 Å². The van der Waals surface area contributed by atoms with Crippen LogP contribution in [0.15, 0.2) is 42.9 Å². The summed E-state index contributed by atoms with van der Waals surface area (Å²) in [6.07, 6.45) is 6.02. The molecule has 1 amide bonds. The Bertz CT molecular complexity index is 678. The fraction of sp³-hybridized carbons (Fsp3) is 0.389. The van der Waals surface area contributed by atoms with Crippen LogP contribution >= 0.6 is 0 Å². The summed E-state index contributed by atoms with van der Waals surface area (Å²) in [6, 6.07) is 7.41. The van der Waals surface area contributed by atoms with Crippen LogP contribution in [0.5, 0.6) is 5.88 Å². The molecule has 3 rings (SSSR count). The summed E-state index contributed by atoms with van der Waals surface area (Å²) in [6.45, 7) is 3.49. The zero-order valence-corrected chi connectivity index (χ0v) is 13.6. The first-order valence-electron chi connectivity index (χ1n) is 8.13. The Kier molecular flexibility index (Phi) is 5.38. The van der Waals surface area contributed by atoms with E-state index in [1.54, 1.807) is 30.7 Å². The minimum absolute atomic E-state index is 0.0275. The van der Waals surface area contributed by atoms with Crippen molar-refractivity contribution in [2.75, 3.05) is 19.8 Å². The Hall–Kier alpha value is -2.47. The summed E-state index contributed by atoms with van der Waals surface area (Å²) in [5.74, 6) is 0.424. The van der Waals surface area contributed by atoms with Crippen molar-refractivity contribution in [3.63, 3.8) is 0 Å². The summed E-state index contributed by atoms with van der Waals surface area (Å²) >= 11 is 0. The molecule has 6 nitrogen and oxygen atoms in total. The topological polar surface area (TPSA) is 73.3 Å². The van der Waals surface area contributed by atoms with Gasteiger partial charge in [-0.05, 0) is 43.2 Å². The lowest BCUT2D eigenvalue weighted by Crippen LogP contribution is -2.40. The minimum atomic E-state index is -0.179. The molecular weight excluding hydrogens is 306 g/mol. The lowest BCUT2D eigenvalue weighted by molar-refractivity contribution is 0.0920. The molecule has 0 saturated carbocycles. The van der Waals surface area contributed by atoms with E-state index in [-0.39, 0.29) is 17.9 Å². The highest BCUT2D eigenvalue weighted by Crippen LogP contribution is 2.21. The highest BCUT2D eigenvalue weighted by molar-refractivity contribution is 5.96. The maximum atomic E-state index is 12.6. The molecule has 1 N–H and O–H groups in total. The number of nitrogens with one attached hydrogen (secondary N) is 1. The molecule has 0 aliphatic carbocycles. The van der Waals surface area contributed by atoms with Crippen LogP contribution in [-0.2, 0) is 11.2 Å². The van der Waals surface area contributed by atoms with Gasteiger partial charge < -0.3 is 14.8 Å². The second kappa shape index (κ2) is 7.88. The van der Waals surface area contributed by atoms with E-state index in [0.717, 1.165) is 6.42 Å².